The zero-order chi connectivity index (χ0) is 5.91. The lowest BCUT2D eigenvalue weighted by Crippen LogP contribution is -2.49. The zero-order valence-corrected chi connectivity index (χ0v) is 4.77. The first-order valence-corrected chi connectivity index (χ1v) is 2.13. The molecule has 0 amide bonds. The lowest BCUT2D eigenvalue weighted by Gasteiger charge is -2.15. The fourth-order valence-electron chi connectivity index (χ4n) is 0.311. The van der Waals surface area contributed by atoms with Crippen LogP contribution >= 0.6 is 0 Å². The topological polar surface area (TPSA) is 61.3 Å². The van der Waals surface area contributed by atoms with Crippen LogP contribution in [0.4, 0.5) is 0 Å². The number of hydrogen-bond donors (Lipinski definition) is 2. The molecule has 0 aromatic carbocycles. The third kappa shape index (κ3) is 5.88. The Hall–Kier alpha value is -0.120. The van der Waals surface area contributed by atoms with Crippen LogP contribution in [0.5, 0.6) is 0 Å². The van der Waals surface area contributed by atoms with E-state index in [1.807, 2.05) is 0 Å². The van der Waals surface area contributed by atoms with E-state index in [1.165, 1.54) is 0 Å². The summed E-state index contributed by atoms with van der Waals surface area (Å²) in [6.45, 7) is 2.10. The molecule has 0 saturated carbocycles. The number of nitrogens with two attached hydrogens (primary N) is 2. The summed E-state index contributed by atoms with van der Waals surface area (Å²) in [5.74, 6) is 0. The van der Waals surface area contributed by atoms with E-state index in [0.717, 1.165) is 0 Å². The maximum absolute atomic E-state index is 5.30. The van der Waals surface area contributed by atoms with Crippen molar-refractivity contribution in [3.63, 3.8) is 0 Å². The molecule has 0 saturated heterocycles. The number of methoxy groups -OCH3 is 1. The van der Waals surface area contributed by atoms with Crippen molar-refractivity contribution in [2.24, 2.45) is 11.5 Å². The van der Waals surface area contributed by atoms with Crippen LogP contribution in [0.15, 0.2) is 0 Å². The molecule has 0 bridgehead atoms. The minimum atomic E-state index is -0.672. The van der Waals surface area contributed by atoms with E-state index >= 15 is 0 Å². The van der Waals surface area contributed by atoms with Gasteiger partial charge in [0.1, 0.15) is 0 Å². The highest BCUT2D eigenvalue weighted by Crippen LogP contribution is 1.84. The Kier molecular flexibility index (Phi) is 2.22. The molecule has 0 aromatic rings. The third-order valence-electron chi connectivity index (χ3n) is 0.455. The molecule has 0 aromatic heterocycles. The molecule has 7 heavy (non-hydrogen) atoms. The Morgan fingerprint density at radius 2 is 2.00 bits per heavy atom. The summed E-state index contributed by atoms with van der Waals surface area (Å²) >= 11 is 0. The summed E-state index contributed by atoms with van der Waals surface area (Å²) in [7, 11) is 1.57. The summed E-state index contributed by atoms with van der Waals surface area (Å²) < 4.78 is 4.66. The monoisotopic (exact) mass is 104 g/mol. The maximum Gasteiger partial charge on any atom is 0.0848 e. The van der Waals surface area contributed by atoms with Gasteiger partial charge in [-0.1, -0.05) is 0 Å². The van der Waals surface area contributed by atoms with E-state index in [4.69, 9.17) is 11.5 Å². The molecule has 0 fully saturated rings. The Morgan fingerprint density at radius 1 is 1.57 bits per heavy atom. The van der Waals surface area contributed by atoms with Crippen LogP contribution in [0.2, 0.25) is 0 Å². The molecule has 0 aliphatic rings. The standard InChI is InChI=1S/C4H12N2O/c1-4(5,6)3-7-2/h3,5-6H2,1-2H3. The van der Waals surface area contributed by atoms with E-state index in [0.29, 0.717) is 6.61 Å². The van der Waals surface area contributed by atoms with Crippen molar-refractivity contribution in [1.82, 2.24) is 0 Å². The zero-order valence-electron chi connectivity index (χ0n) is 4.77. The van der Waals surface area contributed by atoms with Crippen LogP contribution < -0.4 is 11.5 Å². The van der Waals surface area contributed by atoms with Gasteiger partial charge < -0.3 is 16.2 Å². The van der Waals surface area contributed by atoms with Crippen molar-refractivity contribution in [3.8, 4) is 0 Å². The van der Waals surface area contributed by atoms with Gasteiger partial charge in [0.05, 0.1) is 12.3 Å². The molecule has 0 radical (unpaired) electrons. The molecule has 4 N–H and O–H groups in total. The van der Waals surface area contributed by atoms with Crippen molar-refractivity contribution in [2.45, 2.75) is 12.6 Å². The van der Waals surface area contributed by atoms with Crippen LogP contribution in [-0.4, -0.2) is 19.4 Å². The smallest absolute Gasteiger partial charge is 0.0848 e. The first-order valence-electron chi connectivity index (χ1n) is 2.13. The highest BCUT2D eigenvalue weighted by Gasteiger charge is 2.07. The fraction of sp³-hybridized carbons (Fsp3) is 1.00. The molecule has 0 rings (SSSR count). The Morgan fingerprint density at radius 3 is 2.00 bits per heavy atom. The molecule has 3 heteroatoms. The quantitative estimate of drug-likeness (QED) is 0.454. The lowest BCUT2D eigenvalue weighted by atomic mass is 10.3. The first kappa shape index (κ1) is 6.88. The van der Waals surface area contributed by atoms with E-state index < -0.39 is 5.66 Å². The summed E-state index contributed by atoms with van der Waals surface area (Å²) in [4.78, 5) is 0. The predicted octanol–water partition coefficient (Wildman–Crippen LogP) is -0.734. The van der Waals surface area contributed by atoms with Crippen LogP contribution in [0.25, 0.3) is 0 Å². The molecule has 0 aliphatic heterocycles. The third-order valence-corrected chi connectivity index (χ3v) is 0.455. The molecule has 0 aliphatic carbocycles. The van der Waals surface area contributed by atoms with E-state index in [9.17, 15) is 0 Å². The van der Waals surface area contributed by atoms with Gasteiger partial charge in [-0.05, 0) is 6.92 Å². The average Bonchev–Trinajstić information content (AvgIpc) is 1.30. The van der Waals surface area contributed by atoms with Gasteiger partial charge in [0.25, 0.3) is 0 Å². The van der Waals surface area contributed by atoms with Gasteiger partial charge in [0.2, 0.25) is 0 Å². The summed E-state index contributed by atoms with van der Waals surface area (Å²) in [6, 6.07) is 0. The lowest BCUT2D eigenvalue weighted by molar-refractivity contribution is 0.144. The summed E-state index contributed by atoms with van der Waals surface area (Å²) in [5.41, 5.74) is 9.93. The van der Waals surface area contributed by atoms with Gasteiger partial charge in [-0.2, -0.15) is 0 Å². The van der Waals surface area contributed by atoms with Gasteiger partial charge in [-0.25, -0.2) is 0 Å². The largest absolute Gasteiger partial charge is 0.381 e. The van der Waals surface area contributed by atoms with Crippen molar-refractivity contribution < 1.29 is 4.74 Å². The number of rotatable bonds is 2. The van der Waals surface area contributed by atoms with Crippen LogP contribution in [-0.2, 0) is 4.74 Å². The second-order valence-corrected chi connectivity index (χ2v) is 1.94. The number of hydrogen-bond acceptors (Lipinski definition) is 3. The van der Waals surface area contributed by atoms with Crippen molar-refractivity contribution >= 4 is 0 Å². The fourth-order valence-corrected chi connectivity index (χ4v) is 0.311. The van der Waals surface area contributed by atoms with Crippen LogP contribution in [0.1, 0.15) is 6.92 Å². The van der Waals surface area contributed by atoms with Gasteiger partial charge in [0, 0.05) is 7.11 Å². The predicted molar refractivity (Wildman–Crippen MR) is 28.7 cm³/mol. The first-order chi connectivity index (χ1) is 3.06. The molecule has 0 atom stereocenters. The summed E-state index contributed by atoms with van der Waals surface area (Å²) in [5, 5.41) is 0. The molecular formula is C4H12N2O. The molecule has 3 nitrogen and oxygen atoms in total. The highest BCUT2D eigenvalue weighted by molar-refractivity contribution is 4.66. The second kappa shape index (κ2) is 2.26. The molecular weight excluding hydrogens is 92.1 g/mol. The van der Waals surface area contributed by atoms with E-state index in [-0.39, 0.29) is 0 Å². The number of ether oxygens (including phenoxy) is 1. The van der Waals surface area contributed by atoms with Crippen molar-refractivity contribution in [2.75, 3.05) is 13.7 Å². The Labute approximate surface area is 43.6 Å². The molecule has 0 unspecified atom stereocenters. The average molecular weight is 104 g/mol. The normalized spacial score (nSPS) is 12.0. The van der Waals surface area contributed by atoms with Crippen molar-refractivity contribution in [3.05, 3.63) is 0 Å². The van der Waals surface area contributed by atoms with Gasteiger partial charge >= 0.3 is 0 Å². The van der Waals surface area contributed by atoms with Gasteiger partial charge in [-0.3, -0.25) is 0 Å². The van der Waals surface area contributed by atoms with E-state index in [1.54, 1.807) is 14.0 Å². The van der Waals surface area contributed by atoms with Crippen molar-refractivity contribution in [1.29, 1.82) is 0 Å². The minimum Gasteiger partial charge on any atom is -0.381 e. The maximum atomic E-state index is 5.30. The van der Waals surface area contributed by atoms with E-state index in [2.05, 4.69) is 4.74 Å². The summed E-state index contributed by atoms with van der Waals surface area (Å²) in [6.07, 6.45) is 0. The van der Waals surface area contributed by atoms with Gasteiger partial charge in [-0.15, -0.1) is 0 Å². The Bertz CT molecular complexity index is 48.1. The SMILES string of the molecule is COCC(C)(N)N. The van der Waals surface area contributed by atoms with Crippen LogP contribution in [0, 0.1) is 0 Å². The van der Waals surface area contributed by atoms with Gasteiger partial charge in [0.15, 0.2) is 0 Å². The molecule has 0 heterocycles. The highest BCUT2D eigenvalue weighted by atomic mass is 16.5. The second-order valence-electron chi connectivity index (χ2n) is 1.94. The van der Waals surface area contributed by atoms with Crippen LogP contribution in [0.3, 0.4) is 0 Å². The Balaban J connectivity index is 3.15. The molecule has 0 spiro atoms. The molecule has 44 valence electrons. The minimum absolute atomic E-state index is 0.396.